The van der Waals surface area contributed by atoms with Crippen LogP contribution in [0.4, 0.5) is 11.4 Å². The Morgan fingerprint density at radius 2 is 0.933 bits per heavy atom. The van der Waals surface area contributed by atoms with Crippen LogP contribution in [-0.2, 0) is 9.59 Å². The van der Waals surface area contributed by atoms with Crippen LogP contribution in [0.5, 0.6) is 23.0 Å². The minimum atomic E-state index is -0.642. The second-order valence-corrected chi connectivity index (χ2v) is 6.01. The summed E-state index contributed by atoms with van der Waals surface area (Å²) in [6.07, 6.45) is 0. The minimum absolute atomic E-state index is 0.317. The average molecular weight is 414 g/mol. The molecular weight excluding hydrogens is 396 g/mol. The molecule has 0 atom stereocenters. The van der Waals surface area contributed by atoms with E-state index in [1.807, 2.05) is 0 Å². The van der Waals surface area contributed by atoms with E-state index in [-0.39, 0.29) is 0 Å². The Labute approximate surface area is 171 Å². The Balaban J connectivity index is 0.000000171. The molecule has 0 saturated carbocycles. The SMILES string of the molecule is COc1ccc2c(c1OC)NC(=O)C2=O.COc1ccc2c(c1OC)NC(=O)C2=O. The first-order chi connectivity index (χ1) is 14.4. The summed E-state index contributed by atoms with van der Waals surface area (Å²) in [6, 6.07) is 6.26. The molecule has 10 nitrogen and oxygen atoms in total. The predicted molar refractivity (Wildman–Crippen MR) is 105 cm³/mol. The fourth-order valence-electron chi connectivity index (χ4n) is 3.07. The summed E-state index contributed by atoms with van der Waals surface area (Å²) >= 11 is 0. The van der Waals surface area contributed by atoms with Crippen molar-refractivity contribution in [3.05, 3.63) is 35.4 Å². The second-order valence-electron chi connectivity index (χ2n) is 6.01. The van der Waals surface area contributed by atoms with Crippen molar-refractivity contribution in [2.45, 2.75) is 0 Å². The number of hydrogen-bond donors (Lipinski definition) is 2. The molecule has 2 N–H and O–H groups in total. The van der Waals surface area contributed by atoms with Crippen molar-refractivity contribution in [1.29, 1.82) is 0 Å². The van der Waals surface area contributed by atoms with Crippen LogP contribution in [0.25, 0.3) is 0 Å². The number of carbonyl (C=O) groups excluding carboxylic acids is 4. The predicted octanol–water partition coefficient (Wildman–Crippen LogP) is 1.68. The number of carbonyl (C=O) groups is 4. The van der Waals surface area contributed by atoms with Gasteiger partial charge in [-0.2, -0.15) is 0 Å². The number of methoxy groups -OCH3 is 4. The number of rotatable bonds is 4. The van der Waals surface area contributed by atoms with Crippen molar-refractivity contribution in [2.24, 2.45) is 0 Å². The van der Waals surface area contributed by atoms with Crippen molar-refractivity contribution in [3.8, 4) is 23.0 Å². The Morgan fingerprint density at radius 1 is 0.567 bits per heavy atom. The number of anilines is 2. The minimum Gasteiger partial charge on any atom is -0.493 e. The second kappa shape index (κ2) is 8.11. The van der Waals surface area contributed by atoms with Crippen LogP contribution >= 0.6 is 0 Å². The number of amides is 2. The van der Waals surface area contributed by atoms with Gasteiger partial charge in [-0.05, 0) is 24.3 Å². The quantitative estimate of drug-likeness (QED) is 0.723. The first kappa shape index (κ1) is 20.6. The average Bonchev–Trinajstić information content (AvgIpc) is 3.22. The topological polar surface area (TPSA) is 129 Å². The van der Waals surface area contributed by atoms with Gasteiger partial charge >= 0.3 is 0 Å². The monoisotopic (exact) mass is 414 g/mol. The highest BCUT2D eigenvalue weighted by Gasteiger charge is 2.33. The third-order valence-corrected chi connectivity index (χ3v) is 4.47. The normalized spacial score (nSPS) is 13.5. The Hall–Kier alpha value is -4.08. The van der Waals surface area contributed by atoms with Crippen LogP contribution in [0, 0.1) is 0 Å². The molecule has 2 heterocycles. The van der Waals surface area contributed by atoms with Crippen LogP contribution in [0.15, 0.2) is 24.3 Å². The Kier molecular flexibility index (Phi) is 5.58. The number of fused-ring (bicyclic) bond motifs is 2. The highest BCUT2D eigenvalue weighted by atomic mass is 16.5. The third kappa shape index (κ3) is 3.28. The molecule has 0 fully saturated rings. The highest BCUT2D eigenvalue weighted by Crippen LogP contribution is 2.41. The number of nitrogens with one attached hydrogen (secondary N) is 2. The van der Waals surface area contributed by atoms with Crippen molar-refractivity contribution >= 4 is 34.8 Å². The molecule has 2 amide bonds. The van der Waals surface area contributed by atoms with E-state index in [0.717, 1.165) is 0 Å². The summed E-state index contributed by atoms with van der Waals surface area (Å²) in [5, 5.41) is 4.90. The van der Waals surface area contributed by atoms with Gasteiger partial charge in [0.1, 0.15) is 0 Å². The molecule has 0 radical (unpaired) electrons. The zero-order chi connectivity index (χ0) is 22.0. The molecule has 10 heteroatoms. The van der Waals surface area contributed by atoms with Gasteiger partial charge in [-0.1, -0.05) is 0 Å². The summed E-state index contributed by atoms with van der Waals surface area (Å²) in [6.45, 7) is 0. The van der Waals surface area contributed by atoms with Crippen LogP contribution in [0.2, 0.25) is 0 Å². The van der Waals surface area contributed by atoms with Crippen molar-refractivity contribution in [1.82, 2.24) is 0 Å². The molecule has 0 bridgehead atoms. The van der Waals surface area contributed by atoms with E-state index >= 15 is 0 Å². The first-order valence-electron chi connectivity index (χ1n) is 8.59. The van der Waals surface area contributed by atoms with Crippen molar-refractivity contribution in [2.75, 3.05) is 39.1 Å². The first-order valence-corrected chi connectivity index (χ1v) is 8.59. The van der Waals surface area contributed by atoms with E-state index in [9.17, 15) is 19.2 Å². The molecule has 0 spiro atoms. The van der Waals surface area contributed by atoms with Gasteiger partial charge in [0.2, 0.25) is 0 Å². The van der Waals surface area contributed by atoms with Gasteiger partial charge in [0.25, 0.3) is 23.4 Å². The lowest BCUT2D eigenvalue weighted by molar-refractivity contribution is -0.112. The maximum Gasteiger partial charge on any atom is 0.296 e. The van der Waals surface area contributed by atoms with E-state index in [4.69, 9.17) is 18.9 Å². The number of ketones is 2. The number of hydrogen-bond acceptors (Lipinski definition) is 8. The number of Topliss-reactive ketones (excluding diaryl/α,β-unsaturated/α-hetero) is 2. The van der Waals surface area contributed by atoms with Gasteiger partial charge < -0.3 is 29.6 Å². The van der Waals surface area contributed by atoms with Gasteiger partial charge in [-0.25, -0.2) is 0 Å². The fourth-order valence-corrected chi connectivity index (χ4v) is 3.07. The lowest BCUT2D eigenvalue weighted by atomic mass is 10.1. The zero-order valence-electron chi connectivity index (χ0n) is 16.6. The molecule has 2 aliphatic rings. The van der Waals surface area contributed by atoms with Crippen LogP contribution in [0.3, 0.4) is 0 Å². The van der Waals surface area contributed by atoms with Crippen LogP contribution < -0.4 is 29.6 Å². The molecular formula is C20H18N2O8. The Morgan fingerprint density at radius 3 is 1.23 bits per heavy atom. The molecule has 0 saturated heterocycles. The van der Waals surface area contributed by atoms with Gasteiger partial charge in [0.15, 0.2) is 23.0 Å². The summed E-state index contributed by atoms with van der Waals surface area (Å²) in [7, 11) is 5.88. The smallest absolute Gasteiger partial charge is 0.296 e. The van der Waals surface area contributed by atoms with Gasteiger partial charge in [-0.3, -0.25) is 19.2 Å². The third-order valence-electron chi connectivity index (χ3n) is 4.47. The lowest BCUT2D eigenvalue weighted by Crippen LogP contribution is -2.12. The summed E-state index contributed by atoms with van der Waals surface area (Å²) in [4.78, 5) is 45.0. The molecule has 2 aliphatic heterocycles. The molecule has 2 aromatic rings. The lowest BCUT2D eigenvalue weighted by Gasteiger charge is -2.10. The molecule has 0 aromatic heterocycles. The molecule has 2 aromatic carbocycles. The van der Waals surface area contributed by atoms with E-state index in [0.29, 0.717) is 45.5 Å². The Bertz CT molecular complexity index is 991. The maximum absolute atomic E-state index is 11.4. The fraction of sp³-hybridized carbons (Fsp3) is 0.200. The molecule has 156 valence electrons. The van der Waals surface area contributed by atoms with Crippen molar-refractivity contribution in [3.63, 3.8) is 0 Å². The van der Waals surface area contributed by atoms with Crippen LogP contribution in [-0.4, -0.2) is 51.8 Å². The summed E-state index contributed by atoms with van der Waals surface area (Å²) in [5.41, 5.74) is 1.40. The molecule has 30 heavy (non-hydrogen) atoms. The van der Waals surface area contributed by atoms with Crippen molar-refractivity contribution < 1.29 is 38.1 Å². The van der Waals surface area contributed by atoms with E-state index in [1.54, 1.807) is 12.1 Å². The van der Waals surface area contributed by atoms with Crippen LogP contribution in [0.1, 0.15) is 20.7 Å². The number of benzene rings is 2. The molecule has 4 rings (SSSR count). The molecule has 0 unspecified atom stereocenters. The summed E-state index contributed by atoms with van der Waals surface area (Å²) < 4.78 is 20.3. The van der Waals surface area contributed by atoms with E-state index in [2.05, 4.69) is 10.6 Å². The summed E-state index contributed by atoms with van der Waals surface area (Å²) in [5.74, 6) is -0.689. The van der Waals surface area contributed by atoms with E-state index < -0.39 is 23.4 Å². The molecule has 0 aliphatic carbocycles. The van der Waals surface area contributed by atoms with Gasteiger partial charge in [0, 0.05) is 0 Å². The highest BCUT2D eigenvalue weighted by molar-refractivity contribution is 6.52. The largest absolute Gasteiger partial charge is 0.493 e. The maximum atomic E-state index is 11.4. The number of ether oxygens (including phenoxy) is 4. The van der Waals surface area contributed by atoms with E-state index in [1.165, 1.54) is 40.6 Å². The van der Waals surface area contributed by atoms with Gasteiger partial charge in [0.05, 0.1) is 50.9 Å². The van der Waals surface area contributed by atoms with Gasteiger partial charge in [-0.15, -0.1) is 0 Å². The zero-order valence-corrected chi connectivity index (χ0v) is 16.6. The standard InChI is InChI=1S/2C10H9NO4/c2*1-14-6-4-3-5-7(9(6)15-2)11-10(13)8(5)12/h2*3-4H,1-2H3,(H,11,12,13).